The lowest BCUT2D eigenvalue weighted by molar-refractivity contribution is 0.0738. The van der Waals surface area contributed by atoms with Gasteiger partial charge in [-0.2, -0.15) is 0 Å². The van der Waals surface area contributed by atoms with Gasteiger partial charge in [0.05, 0.1) is 6.54 Å². The molecule has 3 atom stereocenters. The smallest absolute Gasteiger partial charge is 0.206 e. The van der Waals surface area contributed by atoms with Crippen molar-refractivity contribution in [3.05, 3.63) is 21.8 Å². The Morgan fingerprint density at radius 2 is 2.38 bits per heavy atom. The quantitative estimate of drug-likeness (QED) is 0.451. The van der Waals surface area contributed by atoms with E-state index in [0.717, 1.165) is 37.4 Å². The average molecular weight is 358 g/mol. The molecule has 10 heteroatoms. The predicted molar refractivity (Wildman–Crippen MR) is 97.0 cm³/mol. The maximum Gasteiger partial charge on any atom is 0.206 e. The van der Waals surface area contributed by atoms with E-state index in [1.54, 1.807) is 0 Å². The molecule has 0 aliphatic carbocycles. The van der Waals surface area contributed by atoms with Crippen LogP contribution >= 0.6 is 0 Å². The number of hydrogen-bond acceptors (Lipinski definition) is 8. The average Bonchev–Trinajstić information content (AvgIpc) is 3.27. The summed E-state index contributed by atoms with van der Waals surface area (Å²) in [6.45, 7) is 1.96. The molecule has 4 aliphatic rings. The fraction of sp³-hybridized carbons (Fsp3) is 0.688. The first kappa shape index (κ1) is 16.9. The van der Waals surface area contributed by atoms with Crippen molar-refractivity contribution < 1.29 is 9.47 Å². The number of aliphatic imine (C=N–C) groups is 2. The molecule has 138 valence electrons. The van der Waals surface area contributed by atoms with Crippen molar-refractivity contribution in [3.8, 4) is 0 Å². The number of nitrogens with zero attached hydrogens (tertiary/aromatic N) is 7. The molecule has 26 heavy (non-hydrogen) atoms. The summed E-state index contributed by atoms with van der Waals surface area (Å²) < 4.78 is 11.9. The number of ether oxygens (including phenoxy) is 2. The van der Waals surface area contributed by atoms with Crippen LogP contribution in [-0.4, -0.2) is 67.4 Å². The maximum atomic E-state index is 8.34. The fourth-order valence-electron chi connectivity index (χ4n) is 3.56. The Hall–Kier alpha value is -2.58. The van der Waals surface area contributed by atoms with Crippen molar-refractivity contribution in [1.82, 2.24) is 5.01 Å². The van der Waals surface area contributed by atoms with Crippen LogP contribution in [0.25, 0.3) is 10.4 Å². The summed E-state index contributed by atoms with van der Waals surface area (Å²) in [5.41, 5.74) is 15.4. The topological polar surface area (TPSA) is 134 Å². The van der Waals surface area contributed by atoms with Crippen molar-refractivity contribution in [2.45, 2.75) is 43.9 Å². The van der Waals surface area contributed by atoms with Crippen LogP contribution in [0.15, 0.2) is 31.5 Å². The molecular weight excluding hydrogens is 336 g/mol. The van der Waals surface area contributed by atoms with Gasteiger partial charge in [0.2, 0.25) is 5.90 Å². The Balaban J connectivity index is 1.38. The van der Waals surface area contributed by atoms with E-state index in [9.17, 15) is 0 Å². The fourth-order valence-corrected chi connectivity index (χ4v) is 3.56. The van der Waals surface area contributed by atoms with Gasteiger partial charge in [-0.15, -0.1) is 5.10 Å². The number of fused-ring (bicyclic) bond motifs is 1. The number of dihydropyridines is 1. The third kappa shape index (κ3) is 3.38. The Morgan fingerprint density at radius 1 is 1.46 bits per heavy atom. The third-order valence-electron chi connectivity index (χ3n) is 4.88. The van der Waals surface area contributed by atoms with Crippen LogP contribution < -0.4 is 5.73 Å². The standard InChI is InChI=1S/C16H22N8O2/c17-11(7-21-23-18)9-25-16-2-1-15-20-8-12(24(15)22-16)14-5-10-6-19-4-3-13(10)26-14/h6,11-12,14H,1-5,7-9,17H2/t11-,12?,14?/m1/s1. The van der Waals surface area contributed by atoms with E-state index in [0.29, 0.717) is 18.9 Å². The van der Waals surface area contributed by atoms with Gasteiger partial charge in [0.15, 0.2) is 0 Å². The molecule has 0 aromatic rings. The highest BCUT2D eigenvalue weighted by molar-refractivity contribution is 5.92. The number of nitrogens with two attached hydrogens (primary N) is 1. The molecule has 0 radical (unpaired) electrons. The molecule has 0 saturated heterocycles. The summed E-state index contributed by atoms with van der Waals surface area (Å²) in [6, 6.07) is -0.258. The zero-order valence-corrected chi connectivity index (χ0v) is 14.5. The van der Waals surface area contributed by atoms with E-state index in [2.05, 4.69) is 25.1 Å². The zero-order chi connectivity index (χ0) is 17.9. The number of amidine groups is 1. The summed E-state index contributed by atoms with van der Waals surface area (Å²) in [7, 11) is 0. The molecule has 0 aromatic heterocycles. The van der Waals surface area contributed by atoms with Crippen molar-refractivity contribution in [2.75, 3.05) is 26.2 Å². The molecule has 4 aliphatic heterocycles. The lowest BCUT2D eigenvalue weighted by atomic mass is 10.0. The first-order valence-corrected chi connectivity index (χ1v) is 8.92. The number of azide groups is 1. The van der Waals surface area contributed by atoms with Gasteiger partial charge in [-0.3, -0.25) is 9.98 Å². The molecule has 0 fully saturated rings. The third-order valence-corrected chi connectivity index (χ3v) is 4.88. The van der Waals surface area contributed by atoms with Gasteiger partial charge in [0.25, 0.3) is 0 Å². The number of hydrogen-bond donors (Lipinski definition) is 1. The Bertz CT molecular complexity index is 737. The second-order valence-electron chi connectivity index (χ2n) is 6.74. The summed E-state index contributed by atoms with van der Waals surface area (Å²) in [5.74, 6) is 2.70. The highest BCUT2D eigenvalue weighted by atomic mass is 16.5. The largest absolute Gasteiger partial charge is 0.492 e. The minimum atomic E-state index is -0.341. The molecule has 2 N–H and O–H groups in total. The second kappa shape index (κ2) is 7.35. The van der Waals surface area contributed by atoms with Crippen LogP contribution in [0.1, 0.15) is 25.7 Å². The maximum absolute atomic E-state index is 8.34. The first-order chi connectivity index (χ1) is 12.7. The van der Waals surface area contributed by atoms with Crippen molar-refractivity contribution >= 4 is 17.9 Å². The van der Waals surface area contributed by atoms with E-state index in [1.807, 2.05) is 11.2 Å². The molecule has 4 rings (SSSR count). The van der Waals surface area contributed by atoms with Gasteiger partial charge < -0.3 is 15.2 Å². The minimum absolute atomic E-state index is 0.0427. The van der Waals surface area contributed by atoms with Gasteiger partial charge in [0.1, 0.15) is 30.3 Å². The SMILES string of the molecule is [N-]=[N+]=NC[C@@H](N)COC1=NN2C(=NCC2C2CC3=C(CCN=C3)O2)CC1. The van der Waals surface area contributed by atoms with Crippen molar-refractivity contribution in [1.29, 1.82) is 0 Å². The van der Waals surface area contributed by atoms with Crippen molar-refractivity contribution in [3.63, 3.8) is 0 Å². The molecular formula is C16H22N8O2. The monoisotopic (exact) mass is 358 g/mol. The lowest BCUT2D eigenvalue weighted by Gasteiger charge is -2.30. The Morgan fingerprint density at radius 3 is 3.23 bits per heavy atom. The molecule has 0 aromatic carbocycles. The van der Waals surface area contributed by atoms with Crippen LogP contribution in [-0.2, 0) is 9.47 Å². The molecule has 0 spiro atoms. The van der Waals surface area contributed by atoms with Crippen LogP contribution in [0.4, 0.5) is 0 Å². The second-order valence-corrected chi connectivity index (χ2v) is 6.74. The van der Waals surface area contributed by atoms with Crippen LogP contribution in [0, 0.1) is 0 Å². The van der Waals surface area contributed by atoms with E-state index in [1.165, 1.54) is 5.57 Å². The number of rotatable bonds is 5. The van der Waals surface area contributed by atoms with Gasteiger partial charge in [-0.1, -0.05) is 5.11 Å². The predicted octanol–water partition coefficient (Wildman–Crippen LogP) is 1.35. The van der Waals surface area contributed by atoms with Crippen LogP contribution in [0.2, 0.25) is 0 Å². The molecule has 2 unspecified atom stereocenters. The van der Waals surface area contributed by atoms with Gasteiger partial charge in [-0.25, -0.2) is 5.01 Å². The summed E-state index contributed by atoms with van der Waals surface area (Å²) in [4.78, 5) is 11.7. The summed E-state index contributed by atoms with van der Waals surface area (Å²) in [5, 5.41) is 10.1. The molecule has 0 amide bonds. The van der Waals surface area contributed by atoms with Crippen LogP contribution in [0.5, 0.6) is 0 Å². The Labute approximate surface area is 151 Å². The van der Waals surface area contributed by atoms with Gasteiger partial charge in [0, 0.05) is 61.5 Å². The Kier molecular flexibility index (Phi) is 4.77. The molecule has 10 nitrogen and oxygen atoms in total. The number of hydrazone groups is 1. The highest BCUT2D eigenvalue weighted by Gasteiger charge is 2.41. The van der Waals surface area contributed by atoms with E-state index < -0.39 is 0 Å². The van der Waals surface area contributed by atoms with Gasteiger partial charge >= 0.3 is 0 Å². The zero-order valence-electron chi connectivity index (χ0n) is 14.5. The van der Waals surface area contributed by atoms with Gasteiger partial charge in [-0.05, 0) is 5.53 Å². The van der Waals surface area contributed by atoms with Crippen molar-refractivity contribution in [2.24, 2.45) is 25.9 Å². The van der Waals surface area contributed by atoms with E-state index in [4.69, 9.17) is 20.7 Å². The normalized spacial score (nSPS) is 27.8. The lowest BCUT2D eigenvalue weighted by Crippen LogP contribution is -2.44. The molecule has 0 bridgehead atoms. The summed E-state index contributed by atoms with van der Waals surface area (Å²) in [6.07, 6.45) is 5.20. The van der Waals surface area contributed by atoms with E-state index >= 15 is 0 Å². The molecule has 0 saturated carbocycles. The van der Waals surface area contributed by atoms with Crippen LogP contribution in [0.3, 0.4) is 0 Å². The first-order valence-electron chi connectivity index (χ1n) is 8.92. The molecule has 4 heterocycles. The summed E-state index contributed by atoms with van der Waals surface area (Å²) >= 11 is 0. The minimum Gasteiger partial charge on any atom is -0.492 e. The highest BCUT2D eigenvalue weighted by Crippen LogP contribution is 2.34. The van der Waals surface area contributed by atoms with E-state index in [-0.39, 0.29) is 31.3 Å².